The van der Waals surface area contributed by atoms with E-state index in [4.69, 9.17) is 21.1 Å². The summed E-state index contributed by atoms with van der Waals surface area (Å²) in [4.78, 5) is 26.7. The molecule has 0 N–H and O–H groups in total. The third kappa shape index (κ3) is 3.98. The molecule has 8 heteroatoms. The molecule has 0 unspecified atom stereocenters. The summed E-state index contributed by atoms with van der Waals surface area (Å²) in [7, 11) is 3.10. The van der Waals surface area contributed by atoms with Crippen molar-refractivity contribution >= 4 is 51.4 Å². The Labute approximate surface area is 187 Å². The normalized spacial score (nSPS) is 15.2. The van der Waals surface area contributed by atoms with Crippen molar-refractivity contribution in [3.8, 4) is 11.5 Å². The van der Waals surface area contributed by atoms with E-state index >= 15 is 0 Å². The van der Waals surface area contributed by atoms with Gasteiger partial charge in [0.1, 0.15) is 17.3 Å². The molecule has 1 fully saturated rings. The van der Waals surface area contributed by atoms with Crippen molar-refractivity contribution in [3.63, 3.8) is 0 Å². The van der Waals surface area contributed by atoms with E-state index in [0.29, 0.717) is 17.1 Å². The van der Waals surface area contributed by atoms with Crippen LogP contribution in [-0.4, -0.2) is 30.3 Å². The van der Waals surface area contributed by atoms with Crippen LogP contribution in [0.15, 0.2) is 53.4 Å². The average Bonchev–Trinajstić information content (AvgIpc) is 3.03. The minimum absolute atomic E-state index is 0.0974. The third-order valence-electron chi connectivity index (χ3n) is 4.98. The lowest BCUT2D eigenvalue weighted by Crippen LogP contribution is -2.28. The molecule has 0 atom stereocenters. The zero-order valence-corrected chi connectivity index (χ0v) is 18.2. The molecule has 0 spiro atoms. The summed E-state index contributed by atoms with van der Waals surface area (Å²) in [5, 5.41) is 1.39. The molecule has 3 aromatic rings. The van der Waals surface area contributed by atoms with Crippen LogP contribution in [0.4, 0.5) is 9.18 Å². The third-order valence-corrected chi connectivity index (χ3v) is 6.24. The minimum Gasteiger partial charge on any atom is -0.497 e. The van der Waals surface area contributed by atoms with E-state index in [2.05, 4.69) is 0 Å². The molecule has 0 saturated carbocycles. The van der Waals surface area contributed by atoms with Crippen molar-refractivity contribution in [2.24, 2.45) is 0 Å². The number of ether oxygens (including phenoxy) is 2. The van der Waals surface area contributed by atoms with Crippen LogP contribution in [0.3, 0.4) is 0 Å². The first-order valence-electron chi connectivity index (χ1n) is 9.26. The van der Waals surface area contributed by atoms with Crippen LogP contribution in [0.1, 0.15) is 11.1 Å². The highest BCUT2D eigenvalue weighted by molar-refractivity contribution is 8.18. The maximum atomic E-state index is 14.2. The molecule has 2 amide bonds. The van der Waals surface area contributed by atoms with Crippen molar-refractivity contribution in [1.82, 2.24) is 4.90 Å². The molecule has 3 aromatic carbocycles. The molecule has 1 aliphatic heterocycles. The molecule has 4 rings (SSSR count). The Morgan fingerprint density at radius 2 is 1.87 bits per heavy atom. The summed E-state index contributed by atoms with van der Waals surface area (Å²) < 4.78 is 25.0. The first-order chi connectivity index (χ1) is 14.9. The van der Waals surface area contributed by atoms with Gasteiger partial charge in [-0.25, -0.2) is 4.39 Å². The lowest BCUT2D eigenvalue weighted by Gasteiger charge is -2.14. The Morgan fingerprint density at radius 1 is 1.10 bits per heavy atom. The number of hydrogen-bond acceptors (Lipinski definition) is 5. The number of imide groups is 1. The van der Waals surface area contributed by atoms with Gasteiger partial charge in [-0.2, -0.15) is 0 Å². The Kier molecular flexibility index (Phi) is 5.89. The van der Waals surface area contributed by atoms with E-state index in [0.717, 1.165) is 27.4 Å². The molecular weight excluding hydrogens is 441 g/mol. The summed E-state index contributed by atoms with van der Waals surface area (Å²) in [5.74, 6) is 0.108. The second kappa shape index (κ2) is 8.61. The standard InChI is InChI=1S/C23H17ClFNO4S/c1-29-14-8-6-13-7-9-20(30-2)16(15(13)10-14)11-21-22(27)26(23(28)31-21)12-17-18(24)4-3-5-19(17)25/h3-11H,12H2,1-2H3/b21-11-. The van der Waals surface area contributed by atoms with Gasteiger partial charge in [0.2, 0.25) is 0 Å². The number of thioether (sulfide) groups is 1. The highest BCUT2D eigenvalue weighted by Crippen LogP contribution is 2.38. The molecule has 0 aromatic heterocycles. The summed E-state index contributed by atoms with van der Waals surface area (Å²) in [6, 6.07) is 13.5. The van der Waals surface area contributed by atoms with Gasteiger partial charge in [-0.3, -0.25) is 14.5 Å². The van der Waals surface area contributed by atoms with Crippen LogP contribution < -0.4 is 9.47 Å². The van der Waals surface area contributed by atoms with Gasteiger partial charge in [-0.05, 0) is 58.9 Å². The topological polar surface area (TPSA) is 55.8 Å². The second-order valence-corrected chi connectivity index (χ2v) is 8.14. The Morgan fingerprint density at radius 3 is 2.58 bits per heavy atom. The summed E-state index contributed by atoms with van der Waals surface area (Å²) in [6.45, 7) is -0.242. The van der Waals surface area contributed by atoms with Gasteiger partial charge >= 0.3 is 0 Å². The summed E-state index contributed by atoms with van der Waals surface area (Å²) in [6.07, 6.45) is 1.62. The van der Waals surface area contributed by atoms with Crippen molar-refractivity contribution in [1.29, 1.82) is 0 Å². The highest BCUT2D eigenvalue weighted by atomic mass is 35.5. The number of rotatable bonds is 5. The fraction of sp³-hybridized carbons (Fsp3) is 0.130. The van der Waals surface area contributed by atoms with Gasteiger partial charge in [0.05, 0.1) is 25.7 Å². The molecule has 0 radical (unpaired) electrons. The predicted molar refractivity (Wildman–Crippen MR) is 120 cm³/mol. The number of methoxy groups -OCH3 is 2. The van der Waals surface area contributed by atoms with Gasteiger partial charge in [0.15, 0.2) is 0 Å². The summed E-state index contributed by atoms with van der Waals surface area (Å²) in [5.41, 5.74) is 0.744. The second-order valence-electron chi connectivity index (χ2n) is 6.74. The number of nitrogens with zero attached hydrogens (tertiary/aromatic N) is 1. The smallest absolute Gasteiger partial charge is 0.293 e. The van der Waals surface area contributed by atoms with Crippen molar-refractivity contribution in [2.75, 3.05) is 14.2 Å². The monoisotopic (exact) mass is 457 g/mol. The maximum absolute atomic E-state index is 14.2. The highest BCUT2D eigenvalue weighted by Gasteiger charge is 2.36. The Balaban J connectivity index is 1.75. The number of hydrogen-bond donors (Lipinski definition) is 0. The Bertz CT molecular complexity index is 1220. The first kappa shape index (κ1) is 21.2. The maximum Gasteiger partial charge on any atom is 0.293 e. The van der Waals surface area contributed by atoms with Crippen LogP contribution >= 0.6 is 23.4 Å². The van der Waals surface area contributed by atoms with E-state index < -0.39 is 17.0 Å². The molecule has 1 aliphatic rings. The minimum atomic E-state index is -0.571. The molecule has 5 nitrogen and oxygen atoms in total. The molecule has 1 saturated heterocycles. The number of carbonyl (C=O) groups excluding carboxylic acids is 2. The van der Waals surface area contributed by atoms with Crippen LogP contribution in [0.5, 0.6) is 11.5 Å². The van der Waals surface area contributed by atoms with Crippen molar-refractivity contribution in [2.45, 2.75) is 6.54 Å². The van der Waals surface area contributed by atoms with Gasteiger partial charge in [0, 0.05) is 16.1 Å². The first-order valence-corrected chi connectivity index (χ1v) is 10.5. The molecule has 0 aliphatic carbocycles. The number of carbonyl (C=O) groups is 2. The van der Waals surface area contributed by atoms with Crippen molar-refractivity contribution < 1.29 is 23.5 Å². The lowest BCUT2D eigenvalue weighted by molar-refractivity contribution is -0.123. The van der Waals surface area contributed by atoms with Crippen LogP contribution in [0.2, 0.25) is 5.02 Å². The van der Waals surface area contributed by atoms with Gasteiger partial charge in [0.25, 0.3) is 11.1 Å². The zero-order chi connectivity index (χ0) is 22.1. The predicted octanol–water partition coefficient (Wildman–Crippen LogP) is 5.89. The van der Waals surface area contributed by atoms with E-state index in [-0.39, 0.29) is 22.0 Å². The van der Waals surface area contributed by atoms with Gasteiger partial charge in [-0.15, -0.1) is 0 Å². The molecular formula is C23H17ClFNO4S. The number of benzene rings is 3. The molecule has 0 bridgehead atoms. The average molecular weight is 458 g/mol. The molecule has 1 heterocycles. The fourth-order valence-electron chi connectivity index (χ4n) is 3.36. The number of fused-ring (bicyclic) bond motifs is 1. The number of halogens is 2. The Hall–Kier alpha value is -3.03. The quantitative estimate of drug-likeness (QED) is 0.447. The van der Waals surface area contributed by atoms with Crippen LogP contribution in [0.25, 0.3) is 16.8 Å². The summed E-state index contributed by atoms with van der Waals surface area (Å²) >= 11 is 6.86. The van der Waals surface area contributed by atoms with E-state index in [1.54, 1.807) is 19.3 Å². The van der Waals surface area contributed by atoms with E-state index in [1.807, 2.05) is 24.3 Å². The zero-order valence-electron chi connectivity index (χ0n) is 16.6. The van der Waals surface area contributed by atoms with Crippen molar-refractivity contribution in [3.05, 3.63) is 75.4 Å². The molecule has 158 valence electrons. The van der Waals surface area contributed by atoms with Gasteiger partial charge < -0.3 is 9.47 Å². The lowest BCUT2D eigenvalue weighted by atomic mass is 10.0. The fourth-order valence-corrected chi connectivity index (χ4v) is 4.41. The molecule has 31 heavy (non-hydrogen) atoms. The van der Waals surface area contributed by atoms with E-state index in [1.165, 1.54) is 25.3 Å². The van der Waals surface area contributed by atoms with Gasteiger partial charge in [-0.1, -0.05) is 29.8 Å². The van der Waals surface area contributed by atoms with Crippen LogP contribution in [-0.2, 0) is 11.3 Å². The SMILES string of the molecule is COc1ccc2ccc(OC)c(/C=C3\SC(=O)N(Cc4c(F)cccc4Cl)C3=O)c2c1. The van der Waals surface area contributed by atoms with Crippen LogP contribution in [0, 0.1) is 5.82 Å². The number of amides is 2. The van der Waals surface area contributed by atoms with E-state index in [9.17, 15) is 14.0 Å². The largest absolute Gasteiger partial charge is 0.497 e.